The summed E-state index contributed by atoms with van der Waals surface area (Å²) in [6, 6.07) is 4.26. The lowest BCUT2D eigenvalue weighted by molar-refractivity contribution is 0.103. The molecule has 0 aromatic carbocycles. The molecule has 0 atom stereocenters. The molecular weight excluding hydrogens is 290 g/mol. The molecule has 0 bridgehead atoms. The lowest BCUT2D eigenvalue weighted by Gasteiger charge is -2.29. The van der Waals surface area contributed by atoms with Gasteiger partial charge in [0.2, 0.25) is 0 Å². The fraction of sp³-hybridized carbons (Fsp3) is 0.429. The Kier molecular flexibility index (Phi) is 3.87. The third-order valence-corrected chi connectivity index (χ3v) is 5.32. The molecule has 0 radical (unpaired) electrons. The number of hydrogen-bond acceptors (Lipinski definition) is 5. The molecule has 106 valence electrons. The van der Waals surface area contributed by atoms with Gasteiger partial charge < -0.3 is 0 Å². The summed E-state index contributed by atoms with van der Waals surface area (Å²) in [6.45, 7) is 6.42. The zero-order chi connectivity index (χ0) is 14.1. The Morgan fingerprint density at radius 1 is 1.50 bits per heavy atom. The number of nitrogens with one attached hydrogen (secondary N) is 1. The maximum absolute atomic E-state index is 12.0. The van der Waals surface area contributed by atoms with Gasteiger partial charge in [-0.3, -0.25) is 15.0 Å². The van der Waals surface area contributed by atoms with Gasteiger partial charge in [-0.2, -0.15) is 0 Å². The highest BCUT2D eigenvalue weighted by atomic mass is 32.1. The number of amides is 1. The predicted octanol–water partition coefficient (Wildman–Crippen LogP) is 3.22. The monoisotopic (exact) mass is 307 g/mol. The molecule has 3 rings (SSSR count). The van der Waals surface area contributed by atoms with Crippen LogP contribution in [-0.4, -0.2) is 28.4 Å². The molecule has 4 nitrogen and oxygen atoms in total. The van der Waals surface area contributed by atoms with Gasteiger partial charge in [0.15, 0.2) is 5.13 Å². The average molecular weight is 307 g/mol. The van der Waals surface area contributed by atoms with Crippen LogP contribution in [0.15, 0.2) is 17.5 Å². The fourth-order valence-electron chi connectivity index (χ4n) is 2.28. The summed E-state index contributed by atoms with van der Waals surface area (Å²) in [7, 11) is 0. The number of nitrogens with zero attached hydrogens (tertiary/aromatic N) is 2. The lowest BCUT2D eigenvalue weighted by atomic mass is 10.1. The number of carbonyl (C=O) groups excluding carboxylic acids is 1. The molecule has 0 spiro atoms. The van der Waals surface area contributed by atoms with Crippen LogP contribution < -0.4 is 5.32 Å². The molecule has 0 saturated carbocycles. The van der Waals surface area contributed by atoms with Crippen LogP contribution in [0.3, 0.4) is 0 Å². The molecule has 1 aliphatic heterocycles. The van der Waals surface area contributed by atoms with Gasteiger partial charge in [-0.05, 0) is 25.3 Å². The molecule has 3 heterocycles. The molecule has 2 aromatic rings. The molecule has 0 saturated heterocycles. The van der Waals surface area contributed by atoms with Gasteiger partial charge in [0.05, 0.1) is 10.6 Å². The van der Waals surface area contributed by atoms with Gasteiger partial charge in [-0.25, -0.2) is 4.98 Å². The second-order valence-corrected chi connectivity index (χ2v) is 7.17. The molecule has 0 unspecified atom stereocenters. The molecule has 20 heavy (non-hydrogen) atoms. The zero-order valence-corrected chi connectivity index (χ0v) is 13.2. The highest BCUT2D eigenvalue weighted by Crippen LogP contribution is 2.29. The Bertz CT molecular complexity index is 604. The molecule has 0 fully saturated rings. The zero-order valence-electron chi connectivity index (χ0n) is 11.5. The topological polar surface area (TPSA) is 45.2 Å². The molecule has 1 aliphatic rings. The SMILES string of the molecule is CC(C)N1CCc2nc(NC(=O)c3cccs3)sc2C1. The fourth-order valence-corrected chi connectivity index (χ4v) is 3.92. The van der Waals surface area contributed by atoms with Crippen molar-refractivity contribution in [1.82, 2.24) is 9.88 Å². The van der Waals surface area contributed by atoms with E-state index in [0.717, 1.165) is 35.2 Å². The van der Waals surface area contributed by atoms with E-state index in [4.69, 9.17) is 0 Å². The molecule has 0 aliphatic carbocycles. The van der Waals surface area contributed by atoms with Crippen molar-refractivity contribution in [3.8, 4) is 0 Å². The van der Waals surface area contributed by atoms with Gasteiger partial charge >= 0.3 is 0 Å². The largest absolute Gasteiger partial charge is 0.297 e. The number of hydrogen-bond donors (Lipinski definition) is 1. The van der Waals surface area contributed by atoms with Crippen LogP contribution in [0.25, 0.3) is 0 Å². The Labute approximate surface area is 126 Å². The number of rotatable bonds is 3. The summed E-state index contributed by atoms with van der Waals surface area (Å²) in [6.07, 6.45) is 0.971. The Hall–Kier alpha value is -1.24. The second-order valence-electron chi connectivity index (χ2n) is 5.13. The van der Waals surface area contributed by atoms with Crippen molar-refractivity contribution < 1.29 is 4.79 Å². The lowest BCUT2D eigenvalue weighted by Crippen LogP contribution is -2.35. The first-order valence-corrected chi connectivity index (χ1v) is 8.40. The van der Waals surface area contributed by atoms with E-state index in [9.17, 15) is 4.79 Å². The normalized spacial score (nSPS) is 15.3. The van der Waals surface area contributed by atoms with Crippen molar-refractivity contribution >= 4 is 33.7 Å². The number of thiazole rings is 1. The van der Waals surface area contributed by atoms with Crippen molar-refractivity contribution in [3.63, 3.8) is 0 Å². The predicted molar refractivity (Wildman–Crippen MR) is 83.6 cm³/mol. The maximum Gasteiger partial charge on any atom is 0.267 e. The van der Waals surface area contributed by atoms with E-state index in [-0.39, 0.29) is 5.91 Å². The van der Waals surface area contributed by atoms with Crippen LogP contribution in [-0.2, 0) is 13.0 Å². The molecule has 1 N–H and O–H groups in total. The number of carbonyl (C=O) groups is 1. The van der Waals surface area contributed by atoms with Gasteiger partial charge in [-0.15, -0.1) is 22.7 Å². The van der Waals surface area contributed by atoms with Crippen molar-refractivity contribution in [2.75, 3.05) is 11.9 Å². The van der Waals surface area contributed by atoms with Crippen LogP contribution in [0.1, 0.15) is 34.1 Å². The molecule has 6 heteroatoms. The van der Waals surface area contributed by atoms with Crippen molar-refractivity contribution in [2.24, 2.45) is 0 Å². The van der Waals surface area contributed by atoms with Crippen LogP contribution in [0.5, 0.6) is 0 Å². The Morgan fingerprint density at radius 2 is 2.35 bits per heavy atom. The highest BCUT2D eigenvalue weighted by molar-refractivity contribution is 7.16. The third-order valence-electron chi connectivity index (χ3n) is 3.46. The van der Waals surface area contributed by atoms with E-state index < -0.39 is 0 Å². The maximum atomic E-state index is 12.0. The quantitative estimate of drug-likeness (QED) is 0.947. The van der Waals surface area contributed by atoms with Crippen LogP contribution in [0.4, 0.5) is 5.13 Å². The Morgan fingerprint density at radius 3 is 3.05 bits per heavy atom. The van der Waals surface area contributed by atoms with Crippen LogP contribution in [0, 0.1) is 0 Å². The standard InChI is InChI=1S/C14H17N3OS2/c1-9(2)17-6-5-10-12(8-17)20-14(15-10)16-13(18)11-4-3-7-19-11/h3-4,7,9H,5-6,8H2,1-2H3,(H,15,16,18). The summed E-state index contributed by atoms with van der Waals surface area (Å²) in [5.74, 6) is -0.0631. The van der Waals surface area contributed by atoms with Crippen LogP contribution in [0.2, 0.25) is 0 Å². The first kappa shape index (κ1) is 13.7. The van der Waals surface area contributed by atoms with E-state index in [1.807, 2.05) is 17.5 Å². The minimum atomic E-state index is -0.0631. The molecule has 1 amide bonds. The minimum absolute atomic E-state index is 0.0631. The number of aromatic nitrogens is 1. The molecule has 2 aromatic heterocycles. The van der Waals surface area contributed by atoms with Gasteiger partial charge in [0, 0.05) is 30.4 Å². The summed E-state index contributed by atoms with van der Waals surface area (Å²) in [5.41, 5.74) is 1.15. The second kappa shape index (κ2) is 5.63. The van der Waals surface area contributed by atoms with Gasteiger partial charge in [0.25, 0.3) is 5.91 Å². The van der Waals surface area contributed by atoms with E-state index in [2.05, 4.69) is 29.0 Å². The molecular formula is C14H17N3OS2. The van der Waals surface area contributed by atoms with Crippen molar-refractivity contribution in [2.45, 2.75) is 32.9 Å². The summed E-state index contributed by atoms with van der Waals surface area (Å²) in [5, 5.41) is 5.53. The summed E-state index contributed by atoms with van der Waals surface area (Å²) in [4.78, 5) is 21.0. The van der Waals surface area contributed by atoms with Gasteiger partial charge in [-0.1, -0.05) is 6.07 Å². The summed E-state index contributed by atoms with van der Waals surface area (Å²) >= 11 is 3.05. The first-order chi connectivity index (χ1) is 9.63. The number of anilines is 1. The minimum Gasteiger partial charge on any atom is -0.297 e. The first-order valence-electron chi connectivity index (χ1n) is 6.71. The third kappa shape index (κ3) is 2.77. The van der Waals surface area contributed by atoms with Crippen molar-refractivity contribution in [1.29, 1.82) is 0 Å². The smallest absolute Gasteiger partial charge is 0.267 e. The van der Waals surface area contributed by atoms with E-state index in [0.29, 0.717) is 6.04 Å². The van der Waals surface area contributed by atoms with Gasteiger partial charge in [0.1, 0.15) is 0 Å². The van der Waals surface area contributed by atoms with E-state index in [1.54, 1.807) is 11.3 Å². The van der Waals surface area contributed by atoms with E-state index in [1.165, 1.54) is 16.2 Å². The summed E-state index contributed by atoms with van der Waals surface area (Å²) < 4.78 is 0. The highest BCUT2D eigenvalue weighted by Gasteiger charge is 2.22. The van der Waals surface area contributed by atoms with Crippen LogP contribution >= 0.6 is 22.7 Å². The van der Waals surface area contributed by atoms with Crippen molar-refractivity contribution in [3.05, 3.63) is 33.0 Å². The number of fused-ring (bicyclic) bond motifs is 1. The average Bonchev–Trinajstić information content (AvgIpc) is 3.06. The van der Waals surface area contributed by atoms with E-state index >= 15 is 0 Å². The Balaban J connectivity index is 1.73. The number of thiophene rings is 1.